The minimum atomic E-state index is -0.225. The van der Waals surface area contributed by atoms with Crippen molar-refractivity contribution in [1.29, 1.82) is 0 Å². The molecule has 20 heavy (non-hydrogen) atoms. The normalized spacial score (nSPS) is 16.4. The van der Waals surface area contributed by atoms with Gasteiger partial charge < -0.3 is 10.1 Å². The van der Waals surface area contributed by atoms with Crippen LogP contribution in [0.2, 0.25) is 0 Å². The lowest BCUT2D eigenvalue weighted by molar-refractivity contribution is 0.0928. The van der Waals surface area contributed by atoms with Crippen LogP contribution in [0.25, 0.3) is 0 Å². The molecule has 0 radical (unpaired) electrons. The van der Waals surface area contributed by atoms with E-state index in [1.165, 1.54) is 11.8 Å². The fourth-order valence-electron chi connectivity index (χ4n) is 2.17. The number of nitrogens with one attached hydrogen (secondary N) is 1. The Balaban J connectivity index is 1.56. The first-order valence-corrected chi connectivity index (χ1v) is 6.54. The standard InChI is InChI=1S/C15H15N3O2/c1-10-7-17-13(9-16-10)15(19)18-8-12-6-11-4-2-3-5-14(11)20-12/h2-5,7,9,12H,6,8H2,1H3,(H,18,19)/t12-/m1/s1. The number of hydrogen-bond donors (Lipinski definition) is 1. The van der Waals surface area contributed by atoms with Crippen LogP contribution in [-0.4, -0.2) is 28.5 Å². The van der Waals surface area contributed by atoms with Crippen LogP contribution in [0.3, 0.4) is 0 Å². The molecule has 1 aliphatic heterocycles. The van der Waals surface area contributed by atoms with Gasteiger partial charge in [0, 0.05) is 12.6 Å². The van der Waals surface area contributed by atoms with Gasteiger partial charge in [0.05, 0.1) is 18.4 Å². The van der Waals surface area contributed by atoms with E-state index in [0.717, 1.165) is 17.9 Å². The zero-order valence-electron chi connectivity index (χ0n) is 11.2. The Labute approximate surface area is 117 Å². The number of aromatic nitrogens is 2. The van der Waals surface area contributed by atoms with Gasteiger partial charge in [-0.05, 0) is 18.6 Å². The van der Waals surface area contributed by atoms with Crippen LogP contribution in [0.15, 0.2) is 36.7 Å². The number of ether oxygens (including phenoxy) is 1. The number of benzene rings is 1. The highest BCUT2D eigenvalue weighted by molar-refractivity contribution is 5.91. The van der Waals surface area contributed by atoms with Crippen LogP contribution in [0, 0.1) is 6.92 Å². The lowest BCUT2D eigenvalue weighted by Gasteiger charge is -2.11. The minimum absolute atomic E-state index is 0.0187. The number of rotatable bonds is 3. The quantitative estimate of drug-likeness (QED) is 0.917. The van der Waals surface area contributed by atoms with Gasteiger partial charge >= 0.3 is 0 Å². The maximum atomic E-state index is 11.9. The molecular weight excluding hydrogens is 254 g/mol. The lowest BCUT2D eigenvalue weighted by Crippen LogP contribution is -2.34. The van der Waals surface area contributed by atoms with Crippen LogP contribution >= 0.6 is 0 Å². The number of carbonyl (C=O) groups excluding carboxylic acids is 1. The first-order chi connectivity index (χ1) is 9.72. The zero-order chi connectivity index (χ0) is 13.9. The van der Waals surface area contributed by atoms with E-state index in [2.05, 4.69) is 15.3 Å². The molecule has 0 bridgehead atoms. The number of aryl methyl sites for hydroxylation is 1. The van der Waals surface area contributed by atoms with Crippen molar-refractivity contribution in [2.75, 3.05) is 6.54 Å². The Morgan fingerprint density at radius 1 is 1.35 bits per heavy atom. The monoisotopic (exact) mass is 269 g/mol. The highest BCUT2D eigenvalue weighted by atomic mass is 16.5. The molecule has 2 aromatic rings. The van der Waals surface area contributed by atoms with Crippen LogP contribution < -0.4 is 10.1 Å². The maximum Gasteiger partial charge on any atom is 0.271 e. The van der Waals surface area contributed by atoms with Gasteiger partial charge in [-0.1, -0.05) is 18.2 Å². The summed E-state index contributed by atoms with van der Waals surface area (Å²) in [6.45, 7) is 2.29. The molecular formula is C15H15N3O2. The number of fused-ring (bicyclic) bond motifs is 1. The molecule has 5 heteroatoms. The first kappa shape index (κ1) is 12.6. The van der Waals surface area contributed by atoms with Gasteiger partial charge in [0.2, 0.25) is 0 Å². The molecule has 0 saturated carbocycles. The summed E-state index contributed by atoms with van der Waals surface area (Å²) >= 11 is 0. The molecule has 1 amide bonds. The molecule has 5 nitrogen and oxygen atoms in total. The van der Waals surface area contributed by atoms with Crippen molar-refractivity contribution in [3.05, 3.63) is 53.6 Å². The molecule has 0 unspecified atom stereocenters. The topological polar surface area (TPSA) is 64.1 Å². The largest absolute Gasteiger partial charge is 0.488 e. The third-order valence-electron chi connectivity index (χ3n) is 3.22. The van der Waals surface area contributed by atoms with Crippen molar-refractivity contribution in [2.24, 2.45) is 0 Å². The highest BCUT2D eigenvalue weighted by Crippen LogP contribution is 2.27. The fourth-order valence-corrected chi connectivity index (χ4v) is 2.17. The number of nitrogens with zero attached hydrogens (tertiary/aromatic N) is 2. The summed E-state index contributed by atoms with van der Waals surface area (Å²) in [6, 6.07) is 7.93. The lowest BCUT2D eigenvalue weighted by atomic mass is 10.1. The number of carbonyl (C=O) groups is 1. The summed E-state index contributed by atoms with van der Waals surface area (Å²) in [7, 11) is 0. The van der Waals surface area contributed by atoms with Crippen LogP contribution in [-0.2, 0) is 6.42 Å². The molecule has 102 valence electrons. The number of hydrogen-bond acceptors (Lipinski definition) is 4. The van der Waals surface area contributed by atoms with Crippen molar-refractivity contribution < 1.29 is 9.53 Å². The van der Waals surface area contributed by atoms with Crippen LogP contribution in [0.5, 0.6) is 5.75 Å². The van der Waals surface area contributed by atoms with Gasteiger partial charge in [-0.25, -0.2) is 4.98 Å². The number of amides is 1. The second-order valence-electron chi connectivity index (χ2n) is 4.80. The third-order valence-corrected chi connectivity index (χ3v) is 3.22. The molecule has 0 saturated heterocycles. The molecule has 1 aliphatic rings. The molecule has 0 aliphatic carbocycles. The van der Waals surface area contributed by atoms with E-state index in [1.54, 1.807) is 6.20 Å². The smallest absolute Gasteiger partial charge is 0.271 e. The van der Waals surface area contributed by atoms with E-state index in [9.17, 15) is 4.79 Å². The summed E-state index contributed by atoms with van der Waals surface area (Å²) < 4.78 is 5.76. The molecule has 0 fully saturated rings. The van der Waals surface area contributed by atoms with Crippen LogP contribution in [0.4, 0.5) is 0 Å². The van der Waals surface area contributed by atoms with Gasteiger partial charge in [0.25, 0.3) is 5.91 Å². The minimum Gasteiger partial charge on any atom is -0.488 e. The SMILES string of the molecule is Cc1cnc(C(=O)NC[C@H]2Cc3ccccc3O2)cn1. The van der Waals surface area contributed by atoms with E-state index in [0.29, 0.717) is 12.2 Å². The van der Waals surface area contributed by atoms with Gasteiger partial charge in [0.15, 0.2) is 0 Å². The Morgan fingerprint density at radius 3 is 2.95 bits per heavy atom. The summed E-state index contributed by atoms with van der Waals surface area (Å²) in [4.78, 5) is 20.0. The highest BCUT2D eigenvalue weighted by Gasteiger charge is 2.22. The number of para-hydroxylation sites is 1. The van der Waals surface area contributed by atoms with E-state index >= 15 is 0 Å². The molecule has 1 atom stereocenters. The van der Waals surface area contributed by atoms with E-state index in [-0.39, 0.29) is 12.0 Å². The first-order valence-electron chi connectivity index (χ1n) is 6.54. The summed E-state index contributed by atoms with van der Waals surface area (Å²) in [6.07, 6.45) is 3.86. The van der Waals surface area contributed by atoms with Gasteiger partial charge in [-0.15, -0.1) is 0 Å². The second kappa shape index (κ2) is 5.28. The fraction of sp³-hybridized carbons (Fsp3) is 0.267. The Hall–Kier alpha value is -2.43. The Kier molecular flexibility index (Phi) is 3.33. The zero-order valence-corrected chi connectivity index (χ0v) is 11.2. The van der Waals surface area contributed by atoms with Crippen LogP contribution in [0.1, 0.15) is 21.7 Å². The predicted molar refractivity (Wildman–Crippen MR) is 73.7 cm³/mol. The predicted octanol–water partition coefficient (Wildman–Crippen LogP) is 1.52. The maximum absolute atomic E-state index is 11.9. The summed E-state index contributed by atoms with van der Waals surface area (Å²) in [5.74, 6) is 0.680. The average molecular weight is 269 g/mol. The van der Waals surface area contributed by atoms with E-state index in [1.807, 2.05) is 31.2 Å². The summed E-state index contributed by atoms with van der Waals surface area (Å²) in [5, 5.41) is 2.83. The Morgan fingerprint density at radius 2 is 2.20 bits per heavy atom. The average Bonchev–Trinajstić information content (AvgIpc) is 2.88. The van der Waals surface area contributed by atoms with E-state index < -0.39 is 0 Å². The van der Waals surface area contributed by atoms with E-state index in [4.69, 9.17) is 4.74 Å². The Bertz CT molecular complexity index is 600. The molecule has 1 aromatic carbocycles. The third kappa shape index (κ3) is 2.61. The van der Waals surface area contributed by atoms with Crippen molar-refractivity contribution in [1.82, 2.24) is 15.3 Å². The van der Waals surface area contributed by atoms with Gasteiger partial charge in [-0.2, -0.15) is 0 Å². The van der Waals surface area contributed by atoms with Gasteiger partial charge in [0.1, 0.15) is 17.5 Å². The van der Waals surface area contributed by atoms with Gasteiger partial charge in [-0.3, -0.25) is 9.78 Å². The molecule has 1 N–H and O–H groups in total. The van der Waals surface area contributed by atoms with Crippen molar-refractivity contribution in [3.63, 3.8) is 0 Å². The molecule has 3 rings (SSSR count). The van der Waals surface area contributed by atoms with Crippen molar-refractivity contribution >= 4 is 5.91 Å². The molecule has 1 aromatic heterocycles. The molecule has 2 heterocycles. The van der Waals surface area contributed by atoms with Crippen molar-refractivity contribution in [3.8, 4) is 5.75 Å². The van der Waals surface area contributed by atoms with Crippen molar-refractivity contribution in [2.45, 2.75) is 19.4 Å². The summed E-state index contributed by atoms with van der Waals surface area (Å²) in [5.41, 5.74) is 2.30. The molecule has 0 spiro atoms. The second-order valence-corrected chi connectivity index (χ2v) is 4.80.